The van der Waals surface area contributed by atoms with Crippen LogP contribution in [0.5, 0.6) is 0 Å². The lowest BCUT2D eigenvalue weighted by Gasteiger charge is -2.04. The molecule has 0 aliphatic carbocycles. The highest BCUT2D eigenvalue weighted by Gasteiger charge is 2.17. The molecule has 2 aromatic heterocycles. The van der Waals surface area contributed by atoms with Crippen molar-refractivity contribution in [2.24, 2.45) is 0 Å². The van der Waals surface area contributed by atoms with Crippen LogP contribution < -0.4 is 5.56 Å². The second kappa shape index (κ2) is 5.79. The minimum Gasteiger partial charge on any atom is -0.267 e. The molecule has 2 heterocycles. The maximum atomic E-state index is 12.6. The highest BCUT2D eigenvalue weighted by Crippen LogP contribution is 2.14. The van der Waals surface area contributed by atoms with Crippen LogP contribution in [-0.4, -0.2) is 30.7 Å². The number of rotatable bonds is 2. The molecular formula is C18H13N5O2. The van der Waals surface area contributed by atoms with E-state index in [-0.39, 0.29) is 5.39 Å². The molecule has 0 radical (unpaired) electrons. The molecule has 0 aliphatic rings. The van der Waals surface area contributed by atoms with E-state index >= 15 is 0 Å². The molecule has 0 fully saturated rings. The van der Waals surface area contributed by atoms with Crippen molar-refractivity contribution in [3.8, 4) is 5.69 Å². The third kappa shape index (κ3) is 2.51. The molecule has 0 aliphatic heterocycles. The predicted octanol–water partition coefficient (Wildman–Crippen LogP) is 1.97. The van der Waals surface area contributed by atoms with Crippen LogP contribution in [0.1, 0.15) is 15.9 Å². The molecule has 7 heteroatoms. The molecule has 25 heavy (non-hydrogen) atoms. The quantitative estimate of drug-likeness (QED) is 0.561. The summed E-state index contributed by atoms with van der Waals surface area (Å²) in [5, 5.41) is 12.3. The summed E-state index contributed by atoms with van der Waals surface area (Å²) >= 11 is 0. The van der Waals surface area contributed by atoms with Crippen molar-refractivity contribution in [2.45, 2.75) is 6.92 Å². The van der Waals surface area contributed by atoms with Gasteiger partial charge in [0.15, 0.2) is 5.65 Å². The Labute approximate surface area is 142 Å². The maximum Gasteiger partial charge on any atom is 0.288 e. The Morgan fingerprint density at radius 2 is 1.72 bits per heavy atom. The number of aryl methyl sites for hydroxylation is 1. The molecule has 0 saturated heterocycles. The lowest BCUT2D eigenvalue weighted by molar-refractivity contribution is 0.0936. The summed E-state index contributed by atoms with van der Waals surface area (Å²) in [5.74, 6) is -0.525. The van der Waals surface area contributed by atoms with Gasteiger partial charge in [0.25, 0.3) is 11.5 Å². The molecule has 0 saturated carbocycles. The van der Waals surface area contributed by atoms with Gasteiger partial charge in [0.1, 0.15) is 5.39 Å². The first-order chi connectivity index (χ1) is 12.1. The van der Waals surface area contributed by atoms with E-state index in [0.29, 0.717) is 11.2 Å². The van der Waals surface area contributed by atoms with Crippen LogP contribution in [0.25, 0.3) is 16.7 Å². The number of benzene rings is 2. The zero-order valence-corrected chi connectivity index (χ0v) is 13.3. The molecular weight excluding hydrogens is 318 g/mol. The van der Waals surface area contributed by atoms with E-state index in [2.05, 4.69) is 15.4 Å². The van der Waals surface area contributed by atoms with Gasteiger partial charge in [-0.3, -0.25) is 9.59 Å². The van der Waals surface area contributed by atoms with Crippen molar-refractivity contribution in [1.29, 1.82) is 0 Å². The van der Waals surface area contributed by atoms with E-state index in [1.54, 1.807) is 30.3 Å². The lowest BCUT2D eigenvalue weighted by Crippen LogP contribution is -2.30. The Hall–Kier alpha value is -3.61. The summed E-state index contributed by atoms with van der Waals surface area (Å²) in [7, 11) is 0. The zero-order chi connectivity index (χ0) is 17.4. The Balaban J connectivity index is 1.84. The van der Waals surface area contributed by atoms with Crippen molar-refractivity contribution in [3.05, 3.63) is 82.3 Å². The molecule has 4 rings (SSSR count). The number of hydrogen-bond acceptors (Lipinski definition) is 5. The van der Waals surface area contributed by atoms with Crippen molar-refractivity contribution in [3.63, 3.8) is 0 Å². The van der Waals surface area contributed by atoms with Crippen LogP contribution in [0.3, 0.4) is 0 Å². The zero-order valence-electron chi connectivity index (χ0n) is 13.3. The normalized spacial score (nSPS) is 10.9. The summed E-state index contributed by atoms with van der Waals surface area (Å²) in [4.78, 5) is 25.1. The number of aromatic nitrogens is 5. The fourth-order valence-corrected chi connectivity index (χ4v) is 2.54. The van der Waals surface area contributed by atoms with Crippen molar-refractivity contribution < 1.29 is 4.79 Å². The molecule has 2 aromatic carbocycles. The van der Waals surface area contributed by atoms with Crippen LogP contribution >= 0.6 is 0 Å². The van der Waals surface area contributed by atoms with Gasteiger partial charge in [-0.05, 0) is 31.2 Å². The van der Waals surface area contributed by atoms with Crippen LogP contribution in [0.2, 0.25) is 0 Å². The lowest BCUT2D eigenvalue weighted by atomic mass is 10.2. The van der Waals surface area contributed by atoms with Gasteiger partial charge >= 0.3 is 0 Å². The first-order valence-corrected chi connectivity index (χ1v) is 7.66. The Bertz CT molecular complexity index is 1130. The highest BCUT2D eigenvalue weighted by molar-refractivity contribution is 5.96. The molecule has 4 aromatic rings. The van der Waals surface area contributed by atoms with E-state index in [1.807, 2.05) is 31.2 Å². The van der Waals surface area contributed by atoms with Gasteiger partial charge < -0.3 is 0 Å². The Morgan fingerprint density at radius 1 is 1.00 bits per heavy atom. The average Bonchev–Trinajstić information content (AvgIpc) is 3.08. The summed E-state index contributed by atoms with van der Waals surface area (Å²) in [5.41, 5.74) is 2.01. The third-order valence-corrected chi connectivity index (χ3v) is 3.89. The van der Waals surface area contributed by atoms with E-state index < -0.39 is 11.5 Å². The topological polar surface area (TPSA) is 82.7 Å². The van der Waals surface area contributed by atoms with Gasteiger partial charge in [-0.2, -0.15) is 5.10 Å². The van der Waals surface area contributed by atoms with Crippen molar-refractivity contribution in [1.82, 2.24) is 24.8 Å². The van der Waals surface area contributed by atoms with Crippen LogP contribution in [-0.2, 0) is 0 Å². The first kappa shape index (κ1) is 14.9. The van der Waals surface area contributed by atoms with Gasteiger partial charge in [0.05, 0.1) is 11.9 Å². The Morgan fingerprint density at radius 3 is 2.44 bits per heavy atom. The number of fused-ring (bicyclic) bond motifs is 1. The smallest absolute Gasteiger partial charge is 0.267 e. The van der Waals surface area contributed by atoms with E-state index in [0.717, 1.165) is 15.9 Å². The van der Waals surface area contributed by atoms with E-state index in [9.17, 15) is 9.59 Å². The summed E-state index contributed by atoms with van der Waals surface area (Å²) in [6.45, 7) is 1.98. The minimum absolute atomic E-state index is 0.236. The van der Waals surface area contributed by atoms with E-state index in [4.69, 9.17) is 0 Å². The second-order valence-electron chi connectivity index (χ2n) is 5.61. The second-order valence-corrected chi connectivity index (χ2v) is 5.61. The molecule has 0 atom stereocenters. The van der Waals surface area contributed by atoms with Crippen LogP contribution in [0, 0.1) is 6.92 Å². The monoisotopic (exact) mass is 331 g/mol. The molecule has 0 bridgehead atoms. The fourth-order valence-electron chi connectivity index (χ4n) is 2.54. The number of carbonyl (C=O) groups is 1. The van der Waals surface area contributed by atoms with E-state index in [1.165, 1.54) is 10.9 Å². The highest BCUT2D eigenvalue weighted by atomic mass is 16.2. The van der Waals surface area contributed by atoms with Crippen molar-refractivity contribution in [2.75, 3.05) is 0 Å². The van der Waals surface area contributed by atoms with Gasteiger partial charge in [0, 0.05) is 5.56 Å². The molecule has 0 N–H and O–H groups in total. The number of carbonyl (C=O) groups excluding carboxylic acids is 1. The van der Waals surface area contributed by atoms with Gasteiger partial charge in [-0.1, -0.05) is 41.1 Å². The molecule has 7 nitrogen and oxygen atoms in total. The van der Waals surface area contributed by atoms with Crippen molar-refractivity contribution >= 4 is 16.9 Å². The standard InChI is InChI=1S/C18H13N5O2/c1-12-7-9-14(10-8-12)22-16-15(11-19-22)18(25)23(21-20-16)17(24)13-5-3-2-4-6-13/h2-11H,1H3. The summed E-state index contributed by atoms with van der Waals surface area (Å²) < 4.78 is 2.29. The minimum atomic E-state index is -0.544. The molecule has 0 unspecified atom stereocenters. The molecule has 0 amide bonds. The first-order valence-electron chi connectivity index (χ1n) is 7.66. The number of nitrogens with zero attached hydrogens (tertiary/aromatic N) is 5. The van der Waals surface area contributed by atoms with Crippen LogP contribution in [0.15, 0.2) is 65.6 Å². The SMILES string of the molecule is Cc1ccc(-n2ncc3c(=O)n(C(=O)c4ccccc4)nnc32)cc1. The number of hydrogen-bond donors (Lipinski definition) is 0. The third-order valence-electron chi connectivity index (χ3n) is 3.89. The van der Waals surface area contributed by atoms with Gasteiger partial charge in [0.2, 0.25) is 0 Å². The summed E-state index contributed by atoms with van der Waals surface area (Å²) in [6, 6.07) is 16.1. The van der Waals surface area contributed by atoms with Crippen LogP contribution in [0.4, 0.5) is 0 Å². The molecule has 0 spiro atoms. The largest absolute Gasteiger partial charge is 0.288 e. The maximum absolute atomic E-state index is 12.6. The van der Waals surface area contributed by atoms with Gasteiger partial charge in [-0.25, -0.2) is 4.68 Å². The predicted molar refractivity (Wildman–Crippen MR) is 91.8 cm³/mol. The average molecular weight is 331 g/mol. The molecule has 122 valence electrons. The Kier molecular flexibility index (Phi) is 3.46. The van der Waals surface area contributed by atoms with Gasteiger partial charge in [-0.15, -0.1) is 9.78 Å². The fraction of sp³-hybridized carbons (Fsp3) is 0.0556. The summed E-state index contributed by atoms with van der Waals surface area (Å²) in [6.07, 6.45) is 1.40.